The van der Waals surface area contributed by atoms with E-state index in [0.717, 1.165) is 21.8 Å². The number of halogens is 1. The predicted molar refractivity (Wildman–Crippen MR) is 124 cm³/mol. The topological polar surface area (TPSA) is 102 Å². The van der Waals surface area contributed by atoms with Crippen molar-refractivity contribution in [2.45, 2.75) is 45.4 Å². The van der Waals surface area contributed by atoms with Crippen LogP contribution in [-0.4, -0.2) is 53.2 Å². The first-order valence-electron chi connectivity index (χ1n) is 10.5. The van der Waals surface area contributed by atoms with Crippen LogP contribution in [-0.2, 0) is 32.2 Å². The molecule has 1 aliphatic rings. The van der Waals surface area contributed by atoms with E-state index in [4.69, 9.17) is 21.1 Å². The number of ether oxygens (including phenoxy) is 2. The smallest absolute Gasteiger partial charge is 0.326 e. The number of aromatic nitrogens is 1. The number of esters is 1. The number of thiazole rings is 1. The van der Waals surface area contributed by atoms with Gasteiger partial charge < -0.3 is 19.4 Å². The second kappa shape index (κ2) is 11.0. The number of urea groups is 1. The first-order chi connectivity index (χ1) is 15.8. The van der Waals surface area contributed by atoms with Gasteiger partial charge in [0.2, 0.25) is 0 Å². The molecule has 1 fully saturated rings. The Morgan fingerprint density at radius 1 is 1.33 bits per heavy atom. The van der Waals surface area contributed by atoms with Crippen molar-refractivity contribution in [3.05, 3.63) is 45.2 Å². The summed E-state index contributed by atoms with van der Waals surface area (Å²) in [5, 5.41) is 5.08. The van der Waals surface area contributed by atoms with Gasteiger partial charge in [0.05, 0.1) is 11.4 Å². The SMILES string of the molecule is CC[C@]1(C)NC(=O)N(CC(=O)OCc2csc(=Nc3cccc(Cl)c3)n2CCCOC)C1=O. The van der Waals surface area contributed by atoms with Gasteiger partial charge in [-0.1, -0.05) is 24.6 Å². The highest BCUT2D eigenvalue weighted by Crippen LogP contribution is 2.21. The summed E-state index contributed by atoms with van der Waals surface area (Å²) in [4.78, 5) is 43.3. The molecule has 178 valence electrons. The third kappa shape index (κ3) is 6.01. The van der Waals surface area contributed by atoms with E-state index in [2.05, 4.69) is 10.3 Å². The number of nitrogens with one attached hydrogen (secondary N) is 1. The van der Waals surface area contributed by atoms with Gasteiger partial charge in [0.15, 0.2) is 4.80 Å². The van der Waals surface area contributed by atoms with E-state index in [1.54, 1.807) is 33.1 Å². The van der Waals surface area contributed by atoms with Gasteiger partial charge in [-0.2, -0.15) is 0 Å². The lowest BCUT2D eigenvalue weighted by atomic mass is 9.99. The molecular weight excluding hydrogens is 468 g/mol. The predicted octanol–water partition coefficient (Wildman–Crippen LogP) is 3.24. The van der Waals surface area contributed by atoms with E-state index < -0.39 is 30.0 Å². The minimum Gasteiger partial charge on any atom is -0.458 e. The van der Waals surface area contributed by atoms with Gasteiger partial charge in [0, 0.05) is 30.7 Å². The average Bonchev–Trinajstić information content (AvgIpc) is 3.25. The van der Waals surface area contributed by atoms with Crippen LogP contribution in [0, 0.1) is 0 Å². The molecule has 0 bridgehead atoms. The van der Waals surface area contributed by atoms with Crippen LogP contribution < -0.4 is 10.1 Å². The average molecular weight is 495 g/mol. The Kier molecular flexibility index (Phi) is 8.28. The van der Waals surface area contributed by atoms with Crippen molar-refractivity contribution in [3.8, 4) is 0 Å². The van der Waals surface area contributed by atoms with Gasteiger partial charge in [-0.15, -0.1) is 11.3 Å². The molecule has 1 saturated heterocycles. The van der Waals surface area contributed by atoms with Crippen LogP contribution in [0.5, 0.6) is 0 Å². The Balaban J connectivity index is 1.72. The minimum atomic E-state index is -0.994. The molecule has 11 heteroatoms. The largest absolute Gasteiger partial charge is 0.458 e. The zero-order valence-corrected chi connectivity index (χ0v) is 20.4. The molecule has 9 nitrogen and oxygen atoms in total. The van der Waals surface area contributed by atoms with E-state index in [1.165, 1.54) is 11.3 Å². The number of hydrogen-bond donors (Lipinski definition) is 1. The fourth-order valence-corrected chi connectivity index (χ4v) is 4.41. The molecule has 0 unspecified atom stereocenters. The van der Waals surface area contributed by atoms with Crippen LogP contribution in [0.15, 0.2) is 34.6 Å². The van der Waals surface area contributed by atoms with E-state index in [-0.39, 0.29) is 6.61 Å². The zero-order chi connectivity index (χ0) is 24.0. The standard InChI is InChI=1S/C22H27ClN4O5S/c1-4-22(2)19(29)27(20(30)25-22)12-18(28)32-13-17-14-33-21(26(17)9-6-10-31-3)24-16-8-5-7-15(23)11-16/h5,7-8,11,14H,4,6,9-10,12-13H2,1-3H3,(H,25,30)/t22-/m0/s1. The molecule has 2 heterocycles. The zero-order valence-electron chi connectivity index (χ0n) is 18.8. The first-order valence-corrected chi connectivity index (χ1v) is 11.8. The number of amides is 3. The van der Waals surface area contributed by atoms with Crippen LogP contribution in [0.2, 0.25) is 5.02 Å². The lowest BCUT2D eigenvalue weighted by molar-refractivity contribution is -0.149. The summed E-state index contributed by atoms with van der Waals surface area (Å²) in [5.74, 6) is -1.10. The van der Waals surface area contributed by atoms with Crippen LogP contribution in [0.25, 0.3) is 0 Å². The highest BCUT2D eigenvalue weighted by atomic mass is 35.5. The number of nitrogens with zero attached hydrogens (tertiary/aromatic N) is 3. The quantitative estimate of drug-likeness (QED) is 0.310. The van der Waals surface area contributed by atoms with Crippen LogP contribution in [0.1, 0.15) is 32.4 Å². The van der Waals surface area contributed by atoms with Crippen molar-refractivity contribution in [1.82, 2.24) is 14.8 Å². The number of benzene rings is 1. The number of carbonyl (C=O) groups excluding carboxylic acids is 3. The number of carbonyl (C=O) groups is 3. The normalized spacial score (nSPS) is 18.7. The Morgan fingerprint density at radius 3 is 2.79 bits per heavy atom. The molecule has 0 aliphatic carbocycles. The maximum Gasteiger partial charge on any atom is 0.326 e. The highest BCUT2D eigenvalue weighted by Gasteiger charge is 2.47. The molecule has 33 heavy (non-hydrogen) atoms. The second-order valence-corrected chi connectivity index (χ2v) is 9.04. The maximum atomic E-state index is 12.5. The third-order valence-electron chi connectivity index (χ3n) is 5.36. The van der Waals surface area contributed by atoms with Crippen molar-refractivity contribution < 1.29 is 23.9 Å². The van der Waals surface area contributed by atoms with E-state index in [9.17, 15) is 14.4 Å². The summed E-state index contributed by atoms with van der Waals surface area (Å²) >= 11 is 7.48. The van der Waals surface area contributed by atoms with Crippen molar-refractivity contribution >= 4 is 46.5 Å². The fraction of sp³-hybridized carbons (Fsp3) is 0.455. The van der Waals surface area contributed by atoms with Gasteiger partial charge in [-0.25, -0.2) is 9.79 Å². The number of hydrogen-bond acceptors (Lipinski definition) is 7. The van der Waals surface area contributed by atoms with E-state index in [1.807, 2.05) is 22.1 Å². The molecule has 1 N–H and O–H groups in total. The molecule has 3 rings (SSSR count). The first kappa shape index (κ1) is 24.9. The lowest BCUT2D eigenvalue weighted by Gasteiger charge is -2.18. The summed E-state index contributed by atoms with van der Waals surface area (Å²) in [7, 11) is 1.64. The van der Waals surface area contributed by atoms with Crippen LogP contribution in [0.3, 0.4) is 0 Å². The molecule has 2 aromatic rings. The summed E-state index contributed by atoms with van der Waals surface area (Å²) in [6.07, 6.45) is 1.17. The molecule has 0 radical (unpaired) electrons. The molecule has 0 spiro atoms. The molecule has 1 aliphatic heterocycles. The molecular formula is C22H27ClN4O5S. The Morgan fingerprint density at radius 2 is 2.12 bits per heavy atom. The van der Waals surface area contributed by atoms with Gasteiger partial charge in [-0.3, -0.25) is 14.5 Å². The monoisotopic (exact) mass is 494 g/mol. The minimum absolute atomic E-state index is 0.0118. The van der Waals surface area contributed by atoms with Crippen LogP contribution >= 0.6 is 22.9 Å². The summed E-state index contributed by atoms with van der Waals surface area (Å²) in [6.45, 7) is 4.17. The van der Waals surface area contributed by atoms with Crippen molar-refractivity contribution in [3.63, 3.8) is 0 Å². The molecule has 1 aromatic carbocycles. The Bertz CT molecular complexity index is 1100. The van der Waals surface area contributed by atoms with Gasteiger partial charge in [0.25, 0.3) is 5.91 Å². The second-order valence-electron chi connectivity index (χ2n) is 7.77. The van der Waals surface area contributed by atoms with Crippen LogP contribution in [0.4, 0.5) is 10.5 Å². The molecule has 3 amide bonds. The number of rotatable bonds is 10. The summed E-state index contributed by atoms with van der Waals surface area (Å²) in [5.41, 5.74) is 0.470. The maximum absolute atomic E-state index is 12.5. The number of imide groups is 1. The lowest BCUT2D eigenvalue weighted by Crippen LogP contribution is -2.43. The van der Waals surface area contributed by atoms with E-state index >= 15 is 0 Å². The summed E-state index contributed by atoms with van der Waals surface area (Å²) in [6, 6.07) is 6.64. The van der Waals surface area contributed by atoms with Gasteiger partial charge in [-0.05, 0) is 38.0 Å². The third-order valence-corrected chi connectivity index (χ3v) is 6.51. The van der Waals surface area contributed by atoms with E-state index in [0.29, 0.717) is 30.3 Å². The Labute approximate surface area is 201 Å². The summed E-state index contributed by atoms with van der Waals surface area (Å²) < 4.78 is 12.5. The van der Waals surface area contributed by atoms with Crippen molar-refractivity contribution in [2.75, 3.05) is 20.3 Å². The highest BCUT2D eigenvalue weighted by molar-refractivity contribution is 7.07. The molecule has 1 aromatic heterocycles. The number of methoxy groups -OCH3 is 1. The fourth-order valence-electron chi connectivity index (χ4n) is 3.29. The van der Waals surface area contributed by atoms with Crippen molar-refractivity contribution in [2.24, 2.45) is 4.99 Å². The van der Waals surface area contributed by atoms with Gasteiger partial charge >= 0.3 is 12.0 Å². The van der Waals surface area contributed by atoms with Gasteiger partial charge in [0.1, 0.15) is 18.7 Å². The Hall–Kier alpha value is -2.69. The molecule has 0 saturated carbocycles. The molecule has 1 atom stereocenters. The van der Waals surface area contributed by atoms with Crippen molar-refractivity contribution in [1.29, 1.82) is 0 Å².